The lowest BCUT2D eigenvalue weighted by atomic mass is 10.1. The molecule has 1 saturated heterocycles. The first-order chi connectivity index (χ1) is 34.9. The van der Waals surface area contributed by atoms with Crippen LogP contribution in [0.15, 0.2) is 40.2 Å². The van der Waals surface area contributed by atoms with Crippen molar-refractivity contribution in [2.24, 2.45) is 16.5 Å². The van der Waals surface area contributed by atoms with Gasteiger partial charge in [-0.1, -0.05) is 0 Å². The van der Waals surface area contributed by atoms with E-state index in [9.17, 15) is 78.3 Å². The predicted molar refractivity (Wildman–Crippen MR) is 256 cm³/mol. The van der Waals surface area contributed by atoms with Gasteiger partial charge in [0, 0.05) is 23.5 Å². The van der Waals surface area contributed by atoms with Crippen molar-refractivity contribution >= 4 is 101 Å². The lowest BCUT2D eigenvalue weighted by molar-refractivity contribution is -0.144. The van der Waals surface area contributed by atoms with Crippen LogP contribution in [0.5, 0.6) is 0 Å². The number of hydrogen-bond acceptors (Lipinski definition) is 20. The molecule has 1 aliphatic rings. The number of aliphatic carboxylic acids is 5. The molecule has 3 aromatic rings. The molecule has 0 radical (unpaired) electrons. The molecule has 19 N–H and O–H groups in total. The summed E-state index contributed by atoms with van der Waals surface area (Å²) in [5.74, 6) is -14.4. The van der Waals surface area contributed by atoms with E-state index < -0.39 is 139 Å². The number of nitrogens with two attached hydrogens (primary N) is 3. The molecule has 8 atom stereocenters. The Bertz CT molecular complexity index is 2690. The lowest BCUT2D eigenvalue weighted by Gasteiger charge is -2.26. The number of nitrogen functional groups attached to an aromatic ring is 1. The number of carboxylic acids is 5. The summed E-state index contributed by atoms with van der Waals surface area (Å²) in [6, 6.07) is -4.44. The summed E-state index contributed by atoms with van der Waals surface area (Å²) in [5.41, 5.74) is 16.8. The van der Waals surface area contributed by atoms with Crippen LogP contribution in [0.4, 0.5) is 11.6 Å². The van der Waals surface area contributed by atoms with Crippen LogP contribution in [0.25, 0.3) is 11.2 Å². The molecule has 74 heavy (non-hydrogen) atoms. The molecule has 4 rings (SSSR count). The summed E-state index contributed by atoms with van der Waals surface area (Å²) in [5, 5.41) is 64.3. The summed E-state index contributed by atoms with van der Waals surface area (Å²) < 4.78 is 5.53. The maximum atomic E-state index is 13.7. The highest BCUT2D eigenvalue weighted by atomic mass is 32.1. The zero-order chi connectivity index (χ0) is 54.8. The first kappa shape index (κ1) is 57.9. The number of H-pyrrole nitrogens is 1. The van der Waals surface area contributed by atoms with Crippen LogP contribution in [-0.4, -0.2) is 172 Å². The number of carbonyl (C=O) groups is 10. The predicted octanol–water partition coefficient (Wildman–Crippen LogP) is -5.02. The van der Waals surface area contributed by atoms with Crippen molar-refractivity contribution in [2.45, 2.75) is 100 Å². The van der Waals surface area contributed by atoms with E-state index in [1.807, 2.05) is 10.6 Å². The normalized spacial score (nSPS) is 16.1. The van der Waals surface area contributed by atoms with E-state index in [2.05, 4.69) is 64.1 Å². The van der Waals surface area contributed by atoms with Crippen molar-refractivity contribution in [3.05, 3.63) is 52.1 Å². The number of nitrogens with zero attached hydrogens (tertiary/aromatic N) is 4. The zero-order valence-electron chi connectivity index (χ0n) is 38.7. The Labute approximate surface area is 421 Å². The van der Waals surface area contributed by atoms with Gasteiger partial charge in [0.15, 0.2) is 17.1 Å². The van der Waals surface area contributed by atoms with Gasteiger partial charge in [-0.05, 0) is 49.9 Å². The Kier molecular flexibility index (Phi) is 21.3. The molecule has 5 amide bonds. The van der Waals surface area contributed by atoms with Crippen LogP contribution in [0.3, 0.4) is 0 Å². The van der Waals surface area contributed by atoms with Crippen molar-refractivity contribution < 1.29 is 78.2 Å². The van der Waals surface area contributed by atoms with Gasteiger partial charge in [-0.3, -0.25) is 58.4 Å². The van der Waals surface area contributed by atoms with Crippen LogP contribution >= 0.6 is 12.6 Å². The van der Waals surface area contributed by atoms with Crippen molar-refractivity contribution in [1.29, 1.82) is 0 Å². The van der Waals surface area contributed by atoms with Crippen LogP contribution in [0.2, 0.25) is 0 Å². The largest absolute Gasteiger partial charge is 0.481 e. The van der Waals surface area contributed by atoms with Crippen LogP contribution in [-0.2, 0) is 54.4 Å². The molecule has 1 aromatic carbocycles. The summed E-state index contributed by atoms with van der Waals surface area (Å²) >= 11 is 3.80. The number of hydrogen-bond donors (Lipinski definition) is 17. The number of epoxide rings is 1. The number of thiol groups is 1. The second-order valence-electron chi connectivity index (χ2n) is 16.2. The Balaban J connectivity index is 1.38. The highest BCUT2D eigenvalue weighted by molar-refractivity contribution is 7.80. The molecule has 0 spiro atoms. The second-order valence-corrected chi connectivity index (χ2v) is 16.5. The minimum absolute atomic E-state index is 0.0163. The van der Waals surface area contributed by atoms with Crippen molar-refractivity contribution in [3.8, 4) is 0 Å². The number of benzene rings is 1. The van der Waals surface area contributed by atoms with E-state index in [0.29, 0.717) is 11.4 Å². The highest BCUT2D eigenvalue weighted by Gasteiger charge is 2.43. The minimum Gasteiger partial charge on any atom is -0.481 e. The molecule has 0 aliphatic carbocycles. The average molecular weight is 1060 g/mol. The molecule has 1 fully saturated rings. The lowest BCUT2D eigenvalue weighted by Crippen LogP contribution is -2.59. The van der Waals surface area contributed by atoms with Gasteiger partial charge < -0.3 is 79.4 Å². The molecule has 2 aromatic heterocycles. The van der Waals surface area contributed by atoms with Crippen LogP contribution in [0, 0.1) is 0 Å². The summed E-state index contributed by atoms with van der Waals surface area (Å²) in [4.78, 5) is 156. The number of rotatable bonds is 31. The van der Waals surface area contributed by atoms with Gasteiger partial charge in [0.2, 0.25) is 29.6 Å². The van der Waals surface area contributed by atoms with Crippen molar-refractivity contribution in [1.82, 2.24) is 51.8 Å². The average Bonchev–Trinajstić information content (AvgIpc) is 4.07. The zero-order valence-corrected chi connectivity index (χ0v) is 39.6. The number of aliphatic imine (C=N–C) groups is 1. The third-order valence-corrected chi connectivity index (χ3v) is 10.9. The van der Waals surface area contributed by atoms with Gasteiger partial charge in [0.25, 0.3) is 11.5 Å². The van der Waals surface area contributed by atoms with Crippen molar-refractivity contribution in [3.63, 3.8) is 0 Å². The molecular weight excluding hydrogens is 1010 g/mol. The topological polar surface area (TPSA) is 531 Å². The SMILES string of the molecule is NC(N)=NCCC[C@@H](NC(=O)[C@@H](CC(=O)O)NC1OC1CC[C@@H](NC(=O)c1ccc(NCc2cnc3nc(N)[nH]c(=O)c3n2)cc1)C(=O)O)C(=O)N[C@H](CC(=O)O)C(=O)N[C@H](CC(=O)O)C(=O)N[C@H](CS)C(=O)O. The molecule has 0 bridgehead atoms. The summed E-state index contributed by atoms with van der Waals surface area (Å²) in [6.07, 6.45) is -4.17. The Morgan fingerprint density at radius 3 is 1.81 bits per heavy atom. The maximum Gasteiger partial charge on any atom is 0.327 e. The maximum absolute atomic E-state index is 13.7. The standard InChI is InChI=1S/C41H53N15O17S/c42-40(43)45-9-1-2-19(32(64)51-21(10-26(57)58)33(65)52-22(11-27(59)60)34(66)53-24(15-74)39(71)72)49-35(67)23(12-28(61)62)54-37-25(73-37)8-7-20(38(69)70)50-31(63)16-3-5-17(6-4-16)46-13-18-14-47-30-29(48-18)36(68)56-41(44)55-30/h3-6,14,19-25,37,46,54,74H,1-2,7-13,15H2,(H,49,67)(H,50,63)(H,51,64)(H,52,65)(H,53,66)(H,57,58)(H,59,60)(H,61,62)(H,69,70)(H,71,72)(H4,42,43,45)(H3,44,47,55,56,68)/t19-,20-,21-,22-,23-,24-,25?,37?/m1/s1. The quantitative estimate of drug-likeness (QED) is 0.00943. The van der Waals surface area contributed by atoms with E-state index in [-0.39, 0.29) is 67.4 Å². The first-order valence-electron chi connectivity index (χ1n) is 22.0. The number of guanidine groups is 1. The van der Waals surface area contributed by atoms with Crippen LogP contribution < -0.4 is 60.0 Å². The Morgan fingerprint density at radius 1 is 0.716 bits per heavy atom. The first-order valence-corrected chi connectivity index (χ1v) is 22.6. The van der Waals surface area contributed by atoms with Gasteiger partial charge in [-0.2, -0.15) is 17.6 Å². The van der Waals surface area contributed by atoms with Gasteiger partial charge in [0.1, 0.15) is 36.4 Å². The van der Waals surface area contributed by atoms with Crippen LogP contribution in [0.1, 0.15) is 61.0 Å². The fourth-order valence-electron chi connectivity index (χ4n) is 6.74. The molecular formula is C41H53N15O17S. The van der Waals surface area contributed by atoms with E-state index in [0.717, 1.165) is 0 Å². The number of carboxylic acid groups (broad SMARTS) is 5. The molecule has 3 heterocycles. The minimum atomic E-state index is -2.05. The van der Waals surface area contributed by atoms with Gasteiger partial charge >= 0.3 is 29.8 Å². The Hall–Kier alpha value is -8.72. The smallest absolute Gasteiger partial charge is 0.327 e. The number of fused-ring (bicyclic) bond motifs is 1. The van der Waals surface area contributed by atoms with Crippen molar-refractivity contribution in [2.75, 3.05) is 23.3 Å². The molecule has 400 valence electrons. The summed E-state index contributed by atoms with van der Waals surface area (Å²) in [6.45, 7) is 0.0132. The molecule has 33 heteroatoms. The molecule has 0 saturated carbocycles. The number of amides is 5. The molecule has 32 nitrogen and oxygen atoms in total. The van der Waals surface area contributed by atoms with Gasteiger partial charge in [-0.25, -0.2) is 19.6 Å². The van der Waals surface area contributed by atoms with E-state index in [4.69, 9.17) is 21.9 Å². The highest BCUT2D eigenvalue weighted by Crippen LogP contribution is 2.26. The van der Waals surface area contributed by atoms with Gasteiger partial charge in [0.05, 0.1) is 49.8 Å². The molecule has 2 unspecified atom stereocenters. The van der Waals surface area contributed by atoms with E-state index >= 15 is 0 Å². The number of aromatic nitrogens is 4. The number of carbonyl (C=O) groups excluding carboxylic acids is 5. The Morgan fingerprint density at radius 2 is 1.26 bits per heavy atom. The monoisotopic (exact) mass is 1060 g/mol. The number of ether oxygens (including phenoxy) is 1. The number of aromatic amines is 1. The number of nitrogens with one attached hydrogen (secondary N) is 8. The van der Waals surface area contributed by atoms with E-state index in [1.165, 1.54) is 18.3 Å². The second kappa shape index (κ2) is 27.2. The summed E-state index contributed by atoms with van der Waals surface area (Å²) in [7, 11) is 0. The number of anilines is 2. The fourth-order valence-corrected chi connectivity index (χ4v) is 6.99. The van der Waals surface area contributed by atoms with E-state index in [1.54, 1.807) is 12.1 Å². The third-order valence-electron chi connectivity index (χ3n) is 10.5. The third kappa shape index (κ3) is 18.5. The fraction of sp³-hybridized carbons (Fsp3) is 0.439. The van der Waals surface area contributed by atoms with Gasteiger partial charge in [-0.15, -0.1) is 0 Å². The molecule has 1 aliphatic heterocycles.